The Hall–Kier alpha value is -0.0400. The van der Waals surface area contributed by atoms with Gasteiger partial charge in [-0.25, -0.2) is 0 Å². The van der Waals surface area contributed by atoms with Crippen LogP contribution >= 0.6 is 0 Å². The molecule has 0 aromatic heterocycles. The van der Waals surface area contributed by atoms with Crippen LogP contribution in [0.25, 0.3) is 0 Å². The predicted molar refractivity (Wildman–Crippen MR) is 77.5 cm³/mol. The molecule has 104 valence electrons. The number of nitrogens with one attached hydrogen (secondary N) is 1. The minimum Gasteiger partial charge on any atom is -0.313 e. The van der Waals surface area contributed by atoms with E-state index in [0.29, 0.717) is 0 Å². The van der Waals surface area contributed by atoms with Crippen molar-refractivity contribution in [2.45, 2.75) is 71.3 Å². The van der Waals surface area contributed by atoms with E-state index in [0.717, 1.165) is 35.6 Å². The van der Waals surface area contributed by atoms with Gasteiger partial charge in [0, 0.05) is 6.04 Å². The van der Waals surface area contributed by atoms with Gasteiger partial charge in [0.25, 0.3) is 0 Å². The molecular weight excluding hydrogens is 218 g/mol. The highest BCUT2D eigenvalue weighted by Gasteiger charge is 2.56. The van der Waals surface area contributed by atoms with Crippen LogP contribution in [-0.4, -0.2) is 12.6 Å². The zero-order valence-corrected chi connectivity index (χ0v) is 12.3. The van der Waals surface area contributed by atoms with Gasteiger partial charge in [-0.05, 0) is 68.2 Å². The molecule has 0 aromatic rings. The molecule has 3 aliphatic rings. The van der Waals surface area contributed by atoms with Crippen LogP contribution in [0.5, 0.6) is 0 Å². The van der Waals surface area contributed by atoms with Crippen LogP contribution in [0.3, 0.4) is 0 Å². The second-order valence-corrected chi connectivity index (χ2v) is 7.34. The first-order valence-electron chi connectivity index (χ1n) is 8.54. The van der Waals surface area contributed by atoms with E-state index >= 15 is 0 Å². The van der Waals surface area contributed by atoms with Crippen LogP contribution in [0.1, 0.15) is 65.2 Å². The van der Waals surface area contributed by atoms with Crippen molar-refractivity contribution in [1.82, 2.24) is 5.32 Å². The largest absolute Gasteiger partial charge is 0.313 e. The normalized spacial score (nSPS) is 44.7. The summed E-state index contributed by atoms with van der Waals surface area (Å²) in [4.78, 5) is 0. The number of hydrogen-bond acceptors (Lipinski definition) is 1. The molecule has 3 rings (SSSR count). The summed E-state index contributed by atoms with van der Waals surface area (Å²) in [6, 6.07) is 0.882. The molecule has 3 atom stereocenters. The Morgan fingerprint density at radius 1 is 1.00 bits per heavy atom. The lowest BCUT2D eigenvalue weighted by molar-refractivity contribution is 0.202. The summed E-state index contributed by atoms with van der Waals surface area (Å²) in [6.45, 7) is 5.99. The molecule has 3 fully saturated rings. The van der Waals surface area contributed by atoms with Gasteiger partial charge < -0.3 is 5.32 Å². The Bertz CT molecular complexity index is 257. The molecular formula is C17H31N. The quantitative estimate of drug-likeness (QED) is 0.769. The van der Waals surface area contributed by atoms with Crippen molar-refractivity contribution < 1.29 is 0 Å². The molecule has 0 aliphatic heterocycles. The van der Waals surface area contributed by atoms with Gasteiger partial charge in [-0.2, -0.15) is 0 Å². The Morgan fingerprint density at radius 3 is 2.28 bits per heavy atom. The van der Waals surface area contributed by atoms with Crippen LogP contribution in [0, 0.1) is 29.6 Å². The standard InChI is InChI=1S/C17H31N/c1-3-11-18-17(13-9-7-12(2)8-10-13)16-14-5-4-6-15(14)16/h12-18H,3-11H2,1-2H3. The van der Waals surface area contributed by atoms with E-state index in [4.69, 9.17) is 0 Å². The molecule has 3 saturated carbocycles. The van der Waals surface area contributed by atoms with E-state index in [9.17, 15) is 0 Å². The predicted octanol–water partition coefficient (Wildman–Crippen LogP) is 4.23. The molecule has 0 radical (unpaired) electrons. The van der Waals surface area contributed by atoms with E-state index < -0.39 is 0 Å². The third-order valence-electron chi connectivity index (χ3n) is 6.09. The molecule has 0 aromatic carbocycles. The van der Waals surface area contributed by atoms with Crippen LogP contribution < -0.4 is 5.32 Å². The van der Waals surface area contributed by atoms with Crippen molar-refractivity contribution in [3.05, 3.63) is 0 Å². The summed E-state index contributed by atoms with van der Waals surface area (Å²) in [5.41, 5.74) is 0. The van der Waals surface area contributed by atoms with Gasteiger partial charge in [0.05, 0.1) is 0 Å². The third-order valence-corrected chi connectivity index (χ3v) is 6.09. The lowest BCUT2D eigenvalue weighted by atomic mass is 9.77. The number of fused-ring (bicyclic) bond motifs is 1. The smallest absolute Gasteiger partial charge is 0.0129 e. The molecule has 0 spiro atoms. The third kappa shape index (κ3) is 2.48. The summed E-state index contributed by atoms with van der Waals surface area (Å²) >= 11 is 0. The number of hydrogen-bond donors (Lipinski definition) is 1. The summed E-state index contributed by atoms with van der Waals surface area (Å²) in [6.07, 6.45) is 11.9. The van der Waals surface area contributed by atoms with Crippen LogP contribution in [0.4, 0.5) is 0 Å². The molecule has 3 aliphatic carbocycles. The van der Waals surface area contributed by atoms with Crippen LogP contribution in [0.2, 0.25) is 0 Å². The average Bonchev–Trinajstić information content (AvgIpc) is 2.85. The highest BCUT2D eigenvalue weighted by Crippen LogP contribution is 2.60. The maximum absolute atomic E-state index is 3.94. The Balaban J connectivity index is 1.59. The van der Waals surface area contributed by atoms with E-state index in [1.54, 1.807) is 12.8 Å². The van der Waals surface area contributed by atoms with Crippen molar-refractivity contribution in [2.75, 3.05) is 6.54 Å². The monoisotopic (exact) mass is 249 g/mol. The molecule has 1 N–H and O–H groups in total. The molecule has 3 unspecified atom stereocenters. The summed E-state index contributed by atoms with van der Waals surface area (Å²) < 4.78 is 0. The summed E-state index contributed by atoms with van der Waals surface area (Å²) in [5.74, 6) is 5.32. The van der Waals surface area contributed by atoms with Gasteiger partial charge in [-0.1, -0.05) is 33.1 Å². The van der Waals surface area contributed by atoms with Crippen molar-refractivity contribution in [3.8, 4) is 0 Å². The van der Waals surface area contributed by atoms with Crippen LogP contribution in [0.15, 0.2) is 0 Å². The van der Waals surface area contributed by atoms with E-state index in [-0.39, 0.29) is 0 Å². The van der Waals surface area contributed by atoms with Gasteiger partial charge in [0.1, 0.15) is 0 Å². The minimum atomic E-state index is 0.882. The maximum atomic E-state index is 3.94. The highest BCUT2D eigenvalue weighted by atomic mass is 14.9. The Morgan fingerprint density at radius 2 is 1.67 bits per heavy atom. The van der Waals surface area contributed by atoms with Crippen molar-refractivity contribution in [2.24, 2.45) is 29.6 Å². The van der Waals surface area contributed by atoms with Gasteiger partial charge in [0.2, 0.25) is 0 Å². The van der Waals surface area contributed by atoms with Gasteiger partial charge in [-0.3, -0.25) is 0 Å². The van der Waals surface area contributed by atoms with Crippen molar-refractivity contribution >= 4 is 0 Å². The maximum Gasteiger partial charge on any atom is 0.0129 e. The van der Waals surface area contributed by atoms with Crippen molar-refractivity contribution in [3.63, 3.8) is 0 Å². The SMILES string of the molecule is CCCNC(C1CCC(C)CC1)C1C2CCCC21. The minimum absolute atomic E-state index is 0.882. The first kappa shape index (κ1) is 13.0. The van der Waals surface area contributed by atoms with Gasteiger partial charge >= 0.3 is 0 Å². The lowest BCUT2D eigenvalue weighted by Gasteiger charge is -2.34. The Labute approximate surface area is 113 Å². The lowest BCUT2D eigenvalue weighted by Crippen LogP contribution is -2.41. The Kier molecular flexibility index (Phi) is 3.98. The zero-order chi connectivity index (χ0) is 12.5. The second-order valence-electron chi connectivity index (χ2n) is 7.34. The molecule has 1 heteroatoms. The molecule has 18 heavy (non-hydrogen) atoms. The second kappa shape index (κ2) is 5.53. The first-order chi connectivity index (χ1) is 8.81. The van der Waals surface area contributed by atoms with E-state index in [2.05, 4.69) is 19.2 Å². The summed E-state index contributed by atoms with van der Waals surface area (Å²) in [5, 5.41) is 3.94. The highest BCUT2D eigenvalue weighted by molar-refractivity contribution is 5.08. The zero-order valence-electron chi connectivity index (χ0n) is 12.3. The summed E-state index contributed by atoms with van der Waals surface area (Å²) in [7, 11) is 0. The first-order valence-corrected chi connectivity index (χ1v) is 8.54. The van der Waals surface area contributed by atoms with E-state index in [1.807, 2.05) is 0 Å². The molecule has 0 saturated heterocycles. The molecule has 0 heterocycles. The average molecular weight is 249 g/mol. The topological polar surface area (TPSA) is 12.0 Å². The van der Waals surface area contributed by atoms with Gasteiger partial charge in [0.15, 0.2) is 0 Å². The molecule has 0 bridgehead atoms. The molecule has 0 amide bonds. The molecule has 1 nitrogen and oxygen atoms in total. The number of rotatable bonds is 5. The van der Waals surface area contributed by atoms with Crippen LogP contribution in [-0.2, 0) is 0 Å². The van der Waals surface area contributed by atoms with E-state index in [1.165, 1.54) is 45.1 Å². The fourth-order valence-corrected chi connectivity index (χ4v) is 4.98. The fourth-order valence-electron chi connectivity index (χ4n) is 4.98. The fraction of sp³-hybridized carbons (Fsp3) is 1.00. The van der Waals surface area contributed by atoms with Crippen molar-refractivity contribution in [1.29, 1.82) is 0 Å². The van der Waals surface area contributed by atoms with Gasteiger partial charge in [-0.15, -0.1) is 0 Å².